The van der Waals surface area contributed by atoms with E-state index in [-0.39, 0.29) is 16.3 Å². The first-order chi connectivity index (χ1) is 13.8. The molecular formula is C20H20ClF3N2O3. The number of nitrogens with one attached hydrogen (secondary N) is 1. The number of alkyl halides is 3. The van der Waals surface area contributed by atoms with E-state index in [1.807, 2.05) is 4.90 Å². The number of nitrogens with zero attached hydrogens (tertiary/aromatic N) is 1. The largest absolute Gasteiger partial charge is 0.492 e. The molecule has 2 aromatic rings. The molecule has 1 N–H and O–H groups in total. The van der Waals surface area contributed by atoms with E-state index in [1.54, 1.807) is 13.0 Å². The first kappa shape index (κ1) is 21.3. The number of rotatable bonds is 5. The summed E-state index contributed by atoms with van der Waals surface area (Å²) >= 11 is 6.12. The summed E-state index contributed by atoms with van der Waals surface area (Å²) in [5.41, 5.74) is -0.0401. The smallest absolute Gasteiger partial charge is 0.416 e. The zero-order valence-corrected chi connectivity index (χ0v) is 16.4. The van der Waals surface area contributed by atoms with Crippen LogP contribution in [0.25, 0.3) is 0 Å². The van der Waals surface area contributed by atoms with Gasteiger partial charge in [0.05, 0.1) is 41.8 Å². The minimum absolute atomic E-state index is 0.0803. The highest BCUT2D eigenvalue weighted by molar-refractivity contribution is 6.32. The molecule has 5 nitrogen and oxygen atoms in total. The number of amides is 1. The molecule has 0 radical (unpaired) electrons. The fraction of sp³-hybridized carbons (Fsp3) is 0.350. The number of carbonyl (C=O) groups excluding carboxylic acids is 1. The van der Waals surface area contributed by atoms with Gasteiger partial charge in [-0.25, -0.2) is 0 Å². The van der Waals surface area contributed by atoms with Gasteiger partial charge < -0.3 is 19.7 Å². The third kappa shape index (κ3) is 5.13. The predicted molar refractivity (Wildman–Crippen MR) is 105 cm³/mol. The van der Waals surface area contributed by atoms with Crippen molar-refractivity contribution in [3.05, 3.63) is 52.5 Å². The molecule has 0 bridgehead atoms. The van der Waals surface area contributed by atoms with Crippen LogP contribution < -0.4 is 15.0 Å². The van der Waals surface area contributed by atoms with Crippen LogP contribution >= 0.6 is 11.6 Å². The molecule has 3 rings (SSSR count). The van der Waals surface area contributed by atoms with Gasteiger partial charge >= 0.3 is 6.18 Å². The normalized spacial score (nSPS) is 14.6. The molecule has 1 aliphatic heterocycles. The monoisotopic (exact) mass is 428 g/mol. The average molecular weight is 429 g/mol. The van der Waals surface area contributed by atoms with Gasteiger partial charge in [0.25, 0.3) is 5.91 Å². The number of ether oxygens (including phenoxy) is 2. The number of morpholine rings is 1. The first-order valence-corrected chi connectivity index (χ1v) is 9.45. The lowest BCUT2D eigenvalue weighted by Gasteiger charge is -2.31. The highest BCUT2D eigenvalue weighted by Crippen LogP contribution is 2.36. The van der Waals surface area contributed by atoms with E-state index >= 15 is 0 Å². The number of hydrogen-bond donors (Lipinski definition) is 1. The maximum absolute atomic E-state index is 13.2. The SMILES string of the molecule is CCOc1ccc(C(=O)Nc2cc(C(F)(F)F)ccc2N2CCOCC2)cc1Cl. The van der Waals surface area contributed by atoms with Crippen molar-refractivity contribution in [1.29, 1.82) is 0 Å². The van der Waals surface area contributed by atoms with Gasteiger partial charge in [-0.2, -0.15) is 13.2 Å². The summed E-state index contributed by atoms with van der Waals surface area (Å²) in [7, 11) is 0. The van der Waals surface area contributed by atoms with Gasteiger partial charge in [0.15, 0.2) is 0 Å². The molecule has 9 heteroatoms. The maximum atomic E-state index is 13.2. The zero-order valence-electron chi connectivity index (χ0n) is 15.7. The summed E-state index contributed by atoms with van der Waals surface area (Å²) in [6.45, 7) is 4.17. The molecule has 1 heterocycles. The number of hydrogen-bond acceptors (Lipinski definition) is 4. The van der Waals surface area contributed by atoms with Crippen molar-refractivity contribution in [3.8, 4) is 5.75 Å². The molecule has 0 saturated carbocycles. The van der Waals surface area contributed by atoms with E-state index in [0.29, 0.717) is 44.3 Å². The Balaban J connectivity index is 1.91. The van der Waals surface area contributed by atoms with E-state index < -0.39 is 17.6 Å². The summed E-state index contributed by atoms with van der Waals surface area (Å²) in [6, 6.07) is 7.80. The Kier molecular flexibility index (Phi) is 6.54. The van der Waals surface area contributed by atoms with Crippen molar-refractivity contribution in [2.45, 2.75) is 13.1 Å². The van der Waals surface area contributed by atoms with E-state index in [0.717, 1.165) is 12.1 Å². The Labute approximate surface area is 171 Å². The van der Waals surface area contributed by atoms with Gasteiger partial charge in [-0.3, -0.25) is 4.79 Å². The summed E-state index contributed by atoms with van der Waals surface area (Å²) in [4.78, 5) is 14.6. The molecule has 2 aromatic carbocycles. The average Bonchev–Trinajstić information content (AvgIpc) is 2.69. The van der Waals surface area contributed by atoms with Crippen LogP contribution in [0.1, 0.15) is 22.8 Å². The Hall–Kier alpha value is -2.45. The number of benzene rings is 2. The van der Waals surface area contributed by atoms with Crippen LogP contribution in [0.4, 0.5) is 24.5 Å². The van der Waals surface area contributed by atoms with Crippen molar-refractivity contribution in [1.82, 2.24) is 0 Å². The summed E-state index contributed by atoms with van der Waals surface area (Å²) in [5.74, 6) is -0.137. The van der Waals surface area contributed by atoms with Crippen LogP contribution in [-0.2, 0) is 10.9 Å². The highest BCUT2D eigenvalue weighted by Gasteiger charge is 2.32. The summed E-state index contributed by atoms with van der Waals surface area (Å²) in [5, 5.41) is 2.84. The molecule has 156 valence electrons. The Morgan fingerprint density at radius 1 is 1.21 bits per heavy atom. The second-order valence-electron chi connectivity index (χ2n) is 6.36. The number of carbonyl (C=O) groups is 1. The van der Waals surface area contributed by atoms with Crippen molar-refractivity contribution < 1.29 is 27.4 Å². The van der Waals surface area contributed by atoms with Crippen molar-refractivity contribution in [3.63, 3.8) is 0 Å². The molecule has 0 atom stereocenters. The van der Waals surface area contributed by atoms with E-state index in [9.17, 15) is 18.0 Å². The van der Waals surface area contributed by atoms with Gasteiger partial charge in [-0.05, 0) is 43.3 Å². The predicted octanol–water partition coefficient (Wildman–Crippen LogP) is 4.85. The number of halogens is 4. The number of anilines is 2. The Bertz CT molecular complexity index is 884. The second kappa shape index (κ2) is 8.92. The van der Waals surface area contributed by atoms with E-state index in [4.69, 9.17) is 21.1 Å². The summed E-state index contributed by atoms with van der Waals surface area (Å²) < 4.78 is 50.2. The van der Waals surface area contributed by atoms with Gasteiger partial charge in [0, 0.05) is 18.7 Å². The Morgan fingerprint density at radius 3 is 2.55 bits per heavy atom. The quantitative estimate of drug-likeness (QED) is 0.740. The van der Waals surface area contributed by atoms with Gasteiger partial charge in [0.2, 0.25) is 0 Å². The maximum Gasteiger partial charge on any atom is 0.416 e. The van der Waals surface area contributed by atoms with Gasteiger partial charge in [-0.15, -0.1) is 0 Å². The molecule has 0 spiro atoms. The fourth-order valence-electron chi connectivity index (χ4n) is 3.00. The molecule has 1 saturated heterocycles. The molecule has 29 heavy (non-hydrogen) atoms. The van der Waals surface area contributed by atoms with E-state index in [2.05, 4.69) is 5.32 Å². The molecular weight excluding hydrogens is 409 g/mol. The molecule has 1 aliphatic rings. The topological polar surface area (TPSA) is 50.8 Å². The lowest BCUT2D eigenvalue weighted by molar-refractivity contribution is -0.137. The molecule has 1 amide bonds. The van der Waals surface area contributed by atoms with Crippen molar-refractivity contribution >= 4 is 28.9 Å². The van der Waals surface area contributed by atoms with Crippen LogP contribution in [0.15, 0.2) is 36.4 Å². The van der Waals surface area contributed by atoms with Gasteiger partial charge in [0.1, 0.15) is 5.75 Å². The summed E-state index contributed by atoms with van der Waals surface area (Å²) in [6.07, 6.45) is -4.52. The minimum Gasteiger partial charge on any atom is -0.492 e. The van der Waals surface area contributed by atoms with Crippen LogP contribution in [0.2, 0.25) is 5.02 Å². The van der Waals surface area contributed by atoms with Crippen LogP contribution in [0.5, 0.6) is 5.75 Å². The van der Waals surface area contributed by atoms with Crippen molar-refractivity contribution in [2.24, 2.45) is 0 Å². The van der Waals surface area contributed by atoms with Crippen LogP contribution in [0.3, 0.4) is 0 Å². The first-order valence-electron chi connectivity index (χ1n) is 9.07. The Morgan fingerprint density at radius 2 is 1.93 bits per heavy atom. The molecule has 0 unspecified atom stereocenters. The van der Waals surface area contributed by atoms with E-state index in [1.165, 1.54) is 18.2 Å². The third-order valence-electron chi connectivity index (χ3n) is 4.42. The minimum atomic E-state index is -4.52. The molecule has 0 aromatic heterocycles. The van der Waals surface area contributed by atoms with Crippen LogP contribution in [0, 0.1) is 0 Å². The van der Waals surface area contributed by atoms with Crippen LogP contribution in [-0.4, -0.2) is 38.8 Å². The lowest BCUT2D eigenvalue weighted by Crippen LogP contribution is -2.36. The zero-order chi connectivity index (χ0) is 21.0. The molecule has 0 aliphatic carbocycles. The second-order valence-corrected chi connectivity index (χ2v) is 6.77. The fourth-order valence-corrected chi connectivity index (χ4v) is 3.24. The van der Waals surface area contributed by atoms with Crippen molar-refractivity contribution in [2.75, 3.05) is 43.1 Å². The lowest BCUT2D eigenvalue weighted by atomic mass is 10.1. The highest BCUT2D eigenvalue weighted by atomic mass is 35.5. The molecule has 1 fully saturated rings. The third-order valence-corrected chi connectivity index (χ3v) is 4.71. The standard InChI is InChI=1S/C20H20ClF3N2O3/c1-2-29-18-6-3-13(11-15(18)21)19(27)25-16-12-14(20(22,23)24)4-5-17(16)26-7-9-28-10-8-26/h3-6,11-12H,2,7-10H2,1H3,(H,25,27). The van der Waals surface area contributed by atoms with Gasteiger partial charge in [-0.1, -0.05) is 11.6 Å².